The van der Waals surface area contributed by atoms with Gasteiger partial charge in [-0.1, -0.05) is 18.3 Å². The molecule has 0 spiro atoms. The summed E-state index contributed by atoms with van der Waals surface area (Å²) in [5.41, 5.74) is 7.86. The van der Waals surface area contributed by atoms with Crippen molar-refractivity contribution in [3.63, 3.8) is 0 Å². The van der Waals surface area contributed by atoms with Crippen molar-refractivity contribution in [2.45, 2.75) is 26.8 Å². The van der Waals surface area contributed by atoms with Crippen molar-refractivity contribution >= 4 is 33.7 Å². The predicted molar refractivity (Wildman–Crippen MR) is 88.3 cm³/mol. The number of nitrogens with zero attached hydrogens (tertiary/aromatic N) is 3. The summed E-state index contributed by atoms with van der Waals surface area (Å²) in [5, 5.41) is 1.01. The molecule has 6 heteroatoms. The molecule has 0 aliphatic rings. The predicted octanol–water partition coefficient (Wildman–Crippen LogP) is 2.84. The van der Waals surface area contributed by atoms with Crippen LogP contribution in [0.1, 0.15) is 22.6 Å². The van der Waals surface area contributed by atoms with E-state index in [2.05, 4.69) is 27.9 Å². The highest BCUT2D eigenvalue weighted by molar-refractivity contribution is 7.80. The maximum atomic E-state index is 5.62. The lowest BCUT2D eigenvalue weighted by atomic mass is 10.2. The average molecular weight is 306 g/mol. The Hall–Kier alpha value is -1.53. The molecule has 0 bridgehead atoms. The number of aromatic nitrogens is 2. The first-order valence-corrected chi connectivity index (χ1v) is 7.65. The summed E-state index contributed by atoms with van der Waals surface area (Å²) in [7, 11) is 0. The summed E-state index contributed by atoms with van der Waals surface area (Å²) in [5.74, 6) is 0. The van der Waals surface area contributed by atoms with Crippen molar-refractivity contribution in [2.24, 2.45) is 5.73 Å². The van der Waals surface area contributed by atoms with Crippen LogP contribution in [-0.2, 0) is 6.54 Å². The molecule has 0 saturated heterocycles. The number of hydrogen-bond donors (Lipinski definition) is 1. The summed E-state index contributed by atoms with van der Waals surface area (Å²) in [6.45, 7) is 5.66. The van der Waals surface area contributed by atoms with Crippen molar-refractivity contribution in [3.8, 4) is 0 Å². The zero-order chi connectivity index (χ0) is 14.5. The minimum absolute atomic E-state index is 0.534. The van der Waals surface area contributed by atoms with Gasteiger partial charge < -0.3 is 10.6 Å². The molecule has 2 rings (SSSR count). The van der Waals surface area contributed by atoms with Crippen LogP contribution >= 0.6 is 23.6 Å². The van der Waals surface area contributed by atoms with E-state index in [1.54, 1.807) is 17.5 Å². The number of hydrogen-bond acceptors (Lipinski definition) is 5. The van der Waals surface area contributed by atoms with Gasteiger partial charge >= 0.3 is 0 Å². The van der Waals surface area contributed by atoms with Crippen LogP contribution in [-0.4, -0.2) is 21.5 Å². The molecule has 20 heavy (non-hydrogen) atoms. The van der Waals surface area contributed by atoms with Crippen molar-refractivity contribution in [1.82, 2.24) is 9.97 Å². The normalized spacial score (nSPS) is 10.5. The maximum absolute atomic E-state index is 5.62. The molecular formula is C14H18N4S2. The molecule has 0 unspecified atom stereocenters. The summed E-state index contributed by atoms with van der Waals surface area (Å²) in [4.78, 5) is 12.8. The molecule has 2 aromatic heterocycles. The largest absolute Gasteiger partial charge is 0.393 e. The molecule has 0 atom stereocenters. The Bertz CT molecular complexity index is 561. The molecular weight excluding hydrogens is 288 g/mol. The third kappa shape index (κ3) is 3.98. The fourth-order valence-electron chi connectivity index (χ4n) is 1.79. The Labute approximate surface area is 128 Å². The third-order valence-corrected chi connectivity index (χ3v) is 4.35. The molecule has 4 nitrogen and oxygen atoms in total. The lowest BCUT2D eigenvalue weighted by Crippen LogP contribution is -2.27. The zero-order valence-corrected chi connectivity index (χ0v) is 13.3. The SMILES string of the molecule is Cc1nc(N(CCC(N)=S)Cc2cccnc2)sc1C. The van der Waals surface area contributed by atoms with Crippen LogP contribution in [0, 0.1) is 13.8 Å². The van der Waals surface area contributed by atoms with E-state index in [0.29, 0.717) is 11.4 Å². The number of nitrogens with two attached hydrogens (primary N) is 1. The average Bonchev–Trinajstić information content (AvgIpc) is 2.75. The Morgan fingerprint density at radius 3 is 2.80 bits per heavy atom. The summed E-state index contributed by atoms with van der Waals surface area (Å²) in [6, 6.07) is 4.01. The van der Waals surface area contributed by atoms with Gasteiger partial charge in [-0.15, -0.1) is 11.3 Å². The summed E-state index contributed by atoms with van der Waals surface area (Å²) < 4.78 is 0. The molecule has 2 heterocycles. The molecule has 0 fully saturated rings. The Morgan fingerprint density at radius 1 is 1.45 bits per heavy atom. The second kappa shape index (κ2) is 6.76. The van der Waals surface area contributed by atoms with Gasteiger partial charge in [0.1, 0.15) is 0 Å². The summed E-state index contributed by atoms with van der Waals surface area (Å²) >= 11 is 6.68. The molecule has 106 valence electrons. The molecule has 0 saturated carbocycles. The van der Waals surface area contributed by atoms with Crippen LogP contribution in [0.5, 0.6) is 0 Å². The van der Waals surface area contributed by atoms with Gasteiger partial charge in [0.25, 0.3) is 0 Å². The zero-order valence-electron chi connectivity index (χ0n) is 11.7. The number of thiocarbonyl (C=S) groups is 1. The smallest absolute Gasteiger partial charge is 0.186 e. The highest BCUT2D eigenvalue weighted by Crippen LogP contribution is 2.26. The quantitative estimate of drug-likeness (QED) is 0.832. The Morgan fingerprint density at radius 2 is 2.25 bits per heavy atom. The fourth-order valence-corrected chi connectivity index (χ4v) is 2.82. The number of anilines is 1. The highest BCUT2D eigenvalue weighted by atomic mass is 32.1. The first-order valence-electron chi connectivity index (χ1n) is 6.42. The van der Waals surface area contributed by atoms with E-state index in [1.165, 1.54) is 4.88 Å². The van der Waals surface area contributed by atoms with Gasteiger partial charge in [-0.25, -0.2) is 4.98 Å². The molecule has 0 amide bonds. The highest BCUT2D eigenvalue weighted by Gasteiger charge is 2.13. The Balaban J connectivity index is 2.17. The second-order valence-electron chi connectivity index (χ2n) is 4.64. The van der Waals surface area contributed by atoms with E-state index in [0.717, 1.165) is 29.5 Å². The summed E-state index contributed by atoms with van der Waals surface area (Å²) in [6.07, 6.45) is 4.34. The van der Waals surface area contributed by atoms with Gasteiger partial charge in [-0.3, -0.25) is 4.98 Å². The van der Waals surface area contributed by atoms with E-state index in [-0.39, 0.29) is 0 Å². The van der Waals surface area contributed by atoms with Gasteiger partial charge in [0, 0.05) is 36.8 Å². The standard InChI is InChI=1S/C14H18N4S2/c1-10-11(2)20-14(17-10)18(7-5-13(15)19)9-12-4-3-6-16-8-12/h3-4,6,8H,5,7,9H2,1-2H3,(H2,15,19). The molecule has 0 aliphatic carbocycles. The van der Waals surface area contributed by atoms with Crippen LogP contribution < -0.4 is 10.6 Å². The van der Waals surface area contributed by atoms with Gasteiger partial charge in [-0.2, -0.15) is 0 Å². The maximum Gasteiger partial charge on any atom is 0.186 e. The third-order valence-electron chi connectivity index (χ3n) is 3.01. The first kappa shape index (κ1) is 14.9. The van der Waals surface area contributed by atoms with Crippen molar-refractivity contribution in [3.05, 3.63) is 40.7 Å². The van der Waals surface area contributed by atoms with E-state index in [4.69, 9.17) is 18.0 Å². The number of aryl methyl sites for hydroxylation is 2. The van der Waals surface area contributed by atoms with Gasteiger partial charge in [-0.05, 0) is 25.5 Å². The first-order chi connectivity index (χ1) is 9.56. The van der Waals surface area contributed by atoms with Gasteiger partial charge in [0.15, 0.2) is 5.13 Å². The minimum Gasteiger partial charge on any atom is -0.393 e. The number of thiazole rings is 1. The van der Waals surface area contributed by atoms with Crippen LogP contribution in [0.2, 0.25) is 0 Å². The van der Waals surface area contributed by atoms with Gasteiger partial charge in [0.05, 0.1) is 10.7 Å². The second-order valence-corrected chi connectivity index (χ2v) is 6.34. The van der Waals surface area contributed by atoms with E-state index in [1.807, 2.05) is 19.2 Å². The number of rotatable bonds is 6. The van der Waals surface area contributed by atoms with Crippen LogP contribution in [0.25, 0.3) is 0 Å². The van der Waals surface area contributed by atoms with Crippen molar-refractivity contribution in [2.75, 3.05) is 11.4 Å². The fraction of sp³-hybridized carbons (Fsp3) is 0.357. The van der Waals surface area contributed by atoms with E-state index >= 15 is 0 Å². The molecule has 0 aliphatic heterocycles. The molecule has 0 radical (unpaired) electrons. The lowest BCUT2D eigenvalue weighted by Gasteiger charge is -2.21. The monoisotopic (exact) mass is 306 g/mol. The van der Waals surface area contributed by atoms with Crippen LogP contribution in [0.15, 0.2) is 24.5 Å². The topological polar surface area (TPSA) is 55.0 Å². The Kier molecular flexibility index (Phi) is 5.03. The molecule has 2 N–H and O–H groups in total. The molecule has 2 aromatic rings. The van der Waals surface area contributed by atoms with E-state index < -0.39 is 0 Å². The van der Waals surface area contributed by atoms with Crippen molar-refractivity contribution in [1.29, 1.82) is 0 Å². The van der Waals surface area contributed by atoms with Crippen molar-refractivity contribution < 1.29 is 0 Å². The molecule has 0 aromatic carbocycles. The number of pyridine rings is 1. The van der Waals surface area contributed by atoms with Gasteiger partial charge in [0.2, 0.25) is 0 Å². The van der Waals surface area contributed by atoms with Crippen LogP contribution in [0.4, 0.5) is 5.13 Å². The minimum atomic E-state index is 0.534. The lowest BCUT2D eigenvalue weighted by molar-refractivity contribution is 0.797. The van der Waals surface area contributed by atoms with E-state index in [9.17, 15) is 0 Å². The van der Waals surface area contributed by atoms with Crippen LogP contribution in [0.3, 0.4) is 0 Å².